The van der Waals surface area contributed by atoms with E-state index in [-0.39, 0.29) is 5.78 Å². The number of benzene rings is 2. The molecule has 0 aliphatic carbocycles. The van der Waals surface area contributed by atoms with Crippen molar-refractivity contribution in [2.75, 3.05) is 5.73 Å². The summed E-state index contributed by atoms with van der Waals surface area (Å²) in [4.78, 5) is 11.7. The first-order chi connectivity index (χ1) is 8.04. The maximum absolute atomic E-state index is 11.7. The predicted molar refractivity (Wildman–Crippen MR) is 72.5 cm³/mol. The van der Waals surface area contributed by atoms with Crippen molar-refractivity contribution in [2.45, 2.75) is 27.2 Å². The van der Waals surface area contributed by atoms with Gasteiger partial charge in [0.15, 0.2) is 5.78 Å². The number of nitrogen functional groups attached to an aromatic ring is 1. The molecule has 2 aromatic carbocycles. The van der Waals surface area contributed by atoms with Crippen LogP contribution >= 0.6 is 0 Å². The molecule has 2 N–H and O–H groups in total. The largest absolute Gasteiger partial charge is 0.398 e. The molecule has 2 nitrogen and oxygen atoms in total. The van der Waals surface area contributed by atoms with Crippen molar-refractivity contribution in [3.8, 4) is 0 Å². The van der Waals surface area contributed by atoms with Gasteiger partial charge in [-0.15, -0.1) is 0 Å². The Morgan fingerprint density at radius 1 is 1.24 bits per heavy atom. The summed E-state index contributed by atoms with van der Waals surface area (Å²) < 4.78 is 0. The standard InChI is InChI=1S/C15H17NO/c1-4-14(17)11-5-6-13-10(3)15(16)9(2)7-12(13)8-11/h5-8H,4,16H2,1-3H3. The van der Waals surface area contributed by atoms with E-state index in [1.165, 1.54) is 0 Å². The summed E-state index contributed by atoms with van der Waals surface area (Å²) in [5.41, 5.74) is 9.78. The van der Waals surface area contributed by atoms with Crippen molar-refractivity contribution in [3.63, 3.8) is 0 Å². The molecule has 0 fully saturated rings. The highest BCUT2D eigenvalue weighted by atomic mass is 16.1. The molecule has 0 saturated heterocycles. The second kappa shape index (κ2) is 4.21. The monoisotopic (exact) mass is 227 g/mol. The molecule has 0 heterocycles. The van der Waals surface area contributed by atoms with E-state index in [9.17, 15) is 4.79 Å². The van der Waals surface area contributed by atoms with Gasteiger partial charge in [-0.3, -0.25) is 4.79 Å². The third-order valence-electron chi connectivity index (χ3n) is 3.30. The molecular formula is C15H17NO. The molecule has 0 radical (unpaired) electrons. The van der Waals surface area contributed by atoms with Gasteiger partial charge >= 0.3 is 0 Å². The third kappa shape index (κ3) is 1.91. The smallest absolute Gasteiger partial charge is 0.162 e. The van der Waals surface area contributed by atoms with Gasteiger partial charge < -0.3 is 5.73 Å². The molecule has 0 unspecified atom stereocenters. The van der Waals surface area contributed by atoms with Gasteiger partial charge in [0.25, 0.3) is 0 Å². The number of nitrogens with two attached hydrogens (primary N) is 1. The van der Waals surface area contributed by atoms with Gasteiger partial charge in [-0.1, -0.05) is 19.1 Å². The summed E-state index contributed by atoms with van der Waals surface area (Å²) in [5.74, 6) is 0.180. The van der Waals surface area contributed by atoms with E-state index in [0.717, 1.165) is 33.2 Å². The average molecular weight is 227 g/mol. The van der Waals surface area contributed by atoms with Crippen molar-refractivity contribution in [2.24, 2.45) is 0 Å². The van der Waals surface area contributed by atoms with E-state index in [1.807, 2.05) is 45.0 Å². The van der Waals surface area contributed by atoms with Gasteiger partial charge in [0.05, 0.1) is 0 Å². The van der Waals surface area contributed by atoms with Crippen LogP contribution in [0, 0.1) is 13.8 Å². The van der Waals surface area contributed by atoms with Crippen LogP contribution in [0.5, 0.6) is 0 Å². The lowest BCUT2D eigenvalue weighted by Gasteiger charge is -2.10. The number of aryl methyl sites for hydroxylation is 2. The van der Waals surface area contributed by atoms with Crippen molar-refractivity contribution in [3.05, 3.63) is 41.0 Å². The molecule has 17 heavy (non-hydrogen) atoms. The second-order valence-electron chi connectivity index (χ2n) is 4.44. The number of carbonyl (C=O) groups is 1. The first-order valence-electron chi connectivity index (χ1n) is 5.87. The van der Waals surface area contributed by atoms with E-state index in [4.69, 9.17) is 5.73 Å². The molecule has 88 valence electrons. The quantitative estimate of drug-likeness (QED) is 0.628. The van der Waals surface area contributed by atoms with Crippen LogP contribution in [0.1, 0.15) is 34.8 Å². The van der Waals surface area contributed by atoms with Crippen LogP contribution in [0.4, 0.5) is 5.69 Å². The van der Waals surface area contributed by atoms with Crippen LogP contribution < -0.4 is 5.73 Å². The summed E-state index contributed by atoms with van der Waals surface area (Å²) in [6, 6.07) is 7.88. The van der Waals surface area contributed by atoms with Crippen molar-refractivity contribution < 1.29 is 4.79 Å². The molecule has 0 amide bonds. The van der Waals surface area contributed by atoms with E-state index < -0.39 is 0 Å². The lowest BCUT2D eigenvalue weighted by Crippen LogP contribution is -1.98. The van der Waals surface area contributed by atoms with Crippen molar-refractivity contribution in [1.82, 2.24) is 0 Å². The molecule has 2 rings (SSSR count). The number of Topliss-reactive ketones (excluding diaryl/α,β-unsaturated/α-hetero) is 1. The number of hydrogen-bond donors (Lipinski definition) is 1. The summed E-state index contributed by atoms with van der Waals surface area (Å²) in [6.45, 7) is 5.90. The highest BCUT2D eigenvalue weighted by Crippen LogP contribution is 2.27. The Balaban J connectivity index is 2.71. The van der Waals surface area contributed by atoms with Crippen LogP contribution in [0.25, 0.3) is 10.8 Å². The van der Waals surface area contributed by atoms with Gasteiger partial charge in [-0.25, -0.2) is 0 Å². The fourth-order valence-corrected chi connectivity index (χ4v) is 2.15. The molecule has 2 heteroatoms. The SMILES string of the molecule is CCC(=O)c1ccc2c(C)c(N)c(C)cc2c1. The van der Waals surface area contributed by atoms with Crippen LogP contribution in [0.3, 0.4) is 0 Å². The minimum absolute atomic E-state index is 0.180. The Labute approximate surface area is 101 Å². The number of hydrogen-bond acceptors (Lipinski definition) is 2. The van der Waals surface area contributed by atoms with Gasteiger partial charge in [0.2, 0.25) is 0 Å². The summed E-state index contributed by atoms with van der Waals surface area (Å²) >= 11 is 0. The molecule has 0 atom stereocenters. The number of rotatable bonds is 2. The highest BCUT2D eigenvalue weighted by molar-refractivity contribution is 6.01. The lowest BCUT2D eigenvalue weighted by molar-refractivity contribution is 0.0988. The fraction of sp³-hybridized carbons (Fsp3) is 0.267. The van der Waals surface area contributed by atoms with E-state index >= 15 is 0 Å². The topological polar surface area (TPSA) is 43.1 Å². The van der Waals surface area contributed by atoms with Crippen LogP contribution in [-0.4, -0.2) is 5.78 Å². The van der Waals surface area contributed by atoms with Crippen LogP contribution in [0.2, 0.25) is 0 Å². The first-order valence-corrected chi connectivity index (χ1v) is 5.87. The molecule has 2 aromatic rings. The Morgan fingerprint density at radius 3 is 2.59 bits per heavy atom. The van der Waals surface area contributed by atoms with Crippen LogP contribution in [-0.2, 0) is 0 Å². The zero-order valence-corrected chi connectivity index (χ0v) is 10.5. The maximum atomic E-state index is 11.7. The number of carbonyl (C=O) groups excluding carboxylic acids is 1. The Bertz CT molecular complexity index is 599. The Hall–Kier alpha value is -1.83. The third-order valence-corrected chi connectivity index (χ3v) is 3.30. The molecule has 0 saturated carbocycles. The minimum Gasteiger partial charge on any atom is -0.398 e. The molecular weight excluding hydrogens is 210 g/mol. The lowest BCUT2D eigenvalue weighted by atomic mass is 9.97. The van der Waals surface area contributed by atoms with Gasteiger partial charge in [-0.2, -0.15) is 0 Å². The molecule has 0 aliphatic rings. The number of anilines is 1. The summed E-state index contributed by atoms with van der Waals surface area (Å²) in [7, 11) is 0. The average Bonchev–Trinajstić information content (AvgIpc) is 2.34. The van der Waals surface area contributed by atoms with E-state index in [2.05, 4.69) is 0 Å². The highest BCUT2D eigenvalue weighted by Gasteiger charge is 2.08. The van der Waals surface area contributed by atoms with Crippen molar-refractivity contribution >= 4 is 22.2 Å². The second-order valence-corrected chi connectivity index (χ2v) is 4.44. The number of ketones is 1. The molecule has 0 bridgehead atoms. The Morgan fingerprint density at radius 2 is 1.94 bits per heavy atom. The normalized spacial score (nSPS) is 10.8. The Kier molecular flexibility index (Phi) is 2.88. The fourth-order valence-electron chi connectivity index (χ4n) is 2.15. The maximum Gasteiger partial charge on any atom is 0.162 e. The predicted octanol–water partition coefficient (Wildman–Crippen LogP) is 3.63. The van der Waals surface area contributed by atoms with E-state index in [0.29, 0.717) is 6.42 Å². The molecule has 0 aromatic heterocycles. The summed E-state index contributed by atoms with van der Waals surface area (Å²) in [6.07, 6.45) is 0.540. The first kappa shape index (κ1) is 11.6. The summed E-state index contributed by atoms with van der Waals surface area (Å²) in [5, 5.41) is 2.22. The zero-order chi connectivity index (χ0) is 12.6. The van der Waals surface area contributed by atoms with Gasteiger partial charge in [0.1, 0.15) is 0 Å². The number of fused-ring (bicyclic) bond motifs is 1. The van der Waals surface area contributed by atoms with Crippen LogP contribution in [0.15, 0.2) is 24.3 Å². The van der Waals surface area contributed by atoms with Gasteiger partial charge in [-0.05, 0) is 47.9 Å². The van der Waals surface area contributed by atoms with Gasteiger partial charge in [0, 0.05) is 17.7 Å². The molecule has 0 spiro atoms. The van der Waals surface area contributed by atoms with Crippen molar-refractivity contribution in [1.29, 1.82) is 0 Å². The van der Waals surface area contributed by atoms with E-state index in [1.54, 1.807) is 0 Å². The molecule has 0 aliphatic heterocycles. The minimum atomic E-state index is 0.180. The zero-order valence-electron chi connectivity index (χ0n) is 10.5.